The molecule has 0 spiro atoms. The fourth-order valence-corrected chi connectivity index (χ4v) is 3.23. The van der Waals surface area contributed by atoms with Crippen molar-refractivity contribution in [1.29, 1.82) is 5.26 Å². The molecule has 1 atom stereocenters. The Morgan fingerprint density at radius 1 is 1.26 bits per heavy atom. The number of piperazine rings is 1. The molecular weight excluding hydrogens is 453 g/mol. The molecular formula is C22H27F3N6O3. The number of halogens is 3. The van der Waals surface area contributed by atoms with Gasteiger partial charge in [-0.1, -0.05) is 13.8 Å². The molecule has 2 aromatic rings. The smallest absolute Gasteiger partial charge is 0.372 e. The first kappa shape index (κ1) is 26.8. The predicted octanol–water partition coefficient (Wildman–Crippen LogP) is 2.90. The Balaban J connectivity index is 0.00000199. The molecule has 34 heavy (non-hydrogen) atoms. The summed E-state index contributed by atoms with van der Waals surface area (Å²) in [6.45, 7) is 7.65. The lowest BCUT2D eigenvalue weighted by Gasteiger charge is -2.35. The standard InChI is InChI=1S/C20H21F3N6O3.C2H6/c1-13(16-10-15(20(21,22)23)19(31)27-26-16)32-9-4-18(30)29-7-5-28(6-8-29)17-3-2-14(11-24)12-25-17;1-2/h2-3,10,12-13H,4-9H2,1H3,(H,27,31);1-2H3. The van der Waals surface area contributed by atoms with Gasteiger partial charge in [0.1, 0.15) is 17.5 Å². The molecule has 1 fully saturated rings. The van der Waals surface area contributed by atoms with Gasteiger partial charge >= 0.3 is 6.18 Å². The quantitative estimate of drug-likeness (QED) is 0.676. The lowest BCUT2D eigenvalue weighted by atomic mass is 10.2. The molecule has 1 aliphatic heterocycles. The van der Waals surface area contributed by atoms with Crippen LogP contribution in [-0.2, 0) is 15.7 Å². The van der Waals surface area contributed by atoms with Crippen LogP contribution in [0.25, 0.3) is 0 Å². The van der Waals surface area contributed by atoms with Crippen LogP contribution in [0.5, 0.6) is 0 Å². The largest absolute Gasteiger partial charge is 0.421 e. The molecule has 12 heteroatoms. The Labute approximate surface area is 195 Å². The average molecular weight is 480 g/mol. The van der Waals surface area contributed by atoms with E-state index in [9.17, 15) is 22.8 Å². The first-order valence-corrected chi connectivity index (χ1v) is 10.9. The number of carbonyl (C=O) groups is 1. The second-order valence-electron chi connectivity index (χ2n) is 7.18. The molecule has 3 rings (SSSR count). The van der Waals surface area contributed by atoms with Crippen LogP contribution < -0.4 is 10.5 Å². The SMILES string of the molecule is CC.CC(OCCC(=O)N1CCN(c2ccc(C#N)cn2)CC1)c1cc(C(F)(F)F)c(=O)[nH]n1. The van der Waals surface area contributed by atoms with Crippen molar-refractivity contribution in [2.45, 2.75) is 39.5 Å². The van der Waals surface area contributed by atoms with Gasteiger partial charge in [0.2, 0.25) is 5.91 Å². The molecule has 184 valence electrons. The van der Waals surface area contributed by atoms with E-state index >= 15 is 0 Å². The van der Waals surface area contributed by atoms with E-state index in [2.05, 4.69) is 10.1 Å². The maximum Gasteiger partial charge on any atom is 0.421 e. The molecule has 0 bridgehead atoms. The topological polar surface area (TPSA) is 115 Å². The highest BCUT2D eigenvalue weighted by atomic mass is 19.4. The van der Waals surface area contributed by atoms with Gasteiger partial charge in [0.05, 0.1) is 30.4 Å². The second-order valence-corrected chi connectivity index (χ2v) is 7.18. The second kappa shape index (κ2) is 12.1. The number of pyridine rings is 1. The minimum absolute atomic E-state index is 0.000447. The molecule has 9 nitrogen and oxygen atoms in total. The molecule has 0 saturated carbocycles. The van der Waals surface area contributed by atoms with Crippen molar-refractivity contribution in [1.82, 2.24) is 20.1 Å². The van der Waals surface area contributed by atoms with Crippen LogP contribution >= 0.6 is 0 Å². The third kappa shape index (κ3) is 7.02. The summed E-state index contributed by atoms with van der Waals surface area (Å²) >= 11 is 0. The van der Waals surface area contributed by atoms with Crippen molar-refractivity contribution < 1.29 is 22.7 Å². The summed E-state index contributed by atoms with van der Waals surface area (Å²) in [5, 5.41) is 14.3. The molecule has 0 aliphatic carbocycles. The van der Waals surface area contributed by atoms with Crippen molar-refractivity contribution in [3.8, 4) is 6.07 Å². The summed E-state index contributed by atoms with van der Waals surface area (Å²) in [6, 6.07) is 6.12. The summed E-state index contributed by atoms with van der Waals surface area (Å²) in [7, 11) is 0. The molecule has 1 N–H and O–H groups in total. The monoisotopic (exact) mass is 480 g/mol. The van der Waals surface area contributed by atoms with E-state index in [0.717, 1.165) is 5.82 Å². The first-order valence-electron chi connectivity index (χ1n) is 10.9. The van der Waals surface area contributed by atoms with Crippen molar-refractivity contribution in [3.05, 3.63) is 51.6 Å². The molecule has 0 radical (unpaired) electrons. The highest BCUT2D eigenvalue weighted by molar-refractivity contribution is 5.76. The Kier molecular flexibility index (Phi) is 9.56. The van der Waals surface area contributed by atoms with Gasteiger partial charge in [-0.3, -0.25) is 9.59 Å². The maximum atomic E-state index is 12.9. The Hall–Kier alpha value is -3.46. The Bertz CT molecular complexity index is 1040. The van der Waals surface area contributed by atoms with Gasteiger partial charge in [-0.05, 0) is 25.1 Å². The van der Waals surface area contributed by atoms with Gasteiger partial charge in [-0.25, -0.2) is 10.1 Å². The molecule has 1 unspecified atom stereocenters. The average Bonchev–Trinajstić information content (AvgIpc) is 2.85. The zero-order valence-corrected chi connectivity index (χ0v) is 19.2. The number of anilines is 1. The van der Waals surface area contributed by atoms with Gasteiger partial charge in [0.25, 0.3) is 5.56 Å². The highest BCUT2D eigenvalue weighted by Crippen LogP contribution is 2.27. The van der Waals surface area contributed by atoms with E-state index in [1.54, 1.807) is 17.0 Å². The van der Waals surface area contributed by atoms with E-state index in [1.165, 1.54) is 13.1 Å². The number of amides is 1. The number of nitriles is 1. The van der Waals surface area contributed by atoms with Crippen LogP contribution in [0.2, 0.25) is 0 Å². The van der Waals surface area contributed by atoms with Crippen LogP contribution in [0.1, 0.15) is 50.1 Å². The van der Waals surface area contributed by atoms with Gasteiger partial charge in [-0.2, -0.15) is 23.5 Å². The molecule has 1 aliphatic rings. The summed E-state index contributed by atoms with van der Waals surface area (Å²) in [5.41, 5.74) is -2.26. The normalized spacial score (nSPS) is 14.6. The summed E-state index contributed by atoms with van der Waals surface area (Å²) in [5.74, 6) is 0.606. The molecule has 0 aromatic carbocycles. The lowest BCUT2D eigenvalue weighted by molar-refractivity contribution is -0.139. The first-order chi connectivity index (χ1) is 16.2. The lowest BCUT2D eigenvalue weighted by Crippen LogP contribution is -2.49. The summed E-state index contributed by atoms with van der Waals surface area (Å²) in [4.78, 5) is 31.7. The molecule has 1 amide bonds. The zero-order valence-electron chi connectivity index (χ0n) is 19.2. The zero-order chi connectivity index (χ0) is 25.3. The van der Waals surface area contributed by atoms with E-state index in [-0.39, 0.29) is 24.6 Å². The van der Waals surface area contributed by atoms with Gasteiger partial charge in [0, 0.05) is 32.4 Å². The van der Waals surface area contributed by atoms with E-state index < -0.39 is 23.4 Å². The third-order valence-electron chi connectivity index (χ3n) is 5.06. The number of ether oxygens (including phenoxy) is 1. The number of nitrogens with zero attached hydrogens (tertiary/aromatic N) is 5. The predicted molar refractivity (Wildman–Crippen MR) is 118 cm³/mol. The molecule has 1 saturated heterocycles. The van der Waals surface area contributed by atoms with Crippen molar-refractivity contribution in [3.63, 3.8) is 0 Å². The third-order valence-corrected chi connectivity index (χ3v) is 5.06. The minimum atomic E-state index is -4.80. The number of hydrogen-bond donors (Lipinski definition) is 1. The van der Waals surface area contributed by atoms with Crippen LogP contribution in [0, 0.1) is 11.3 Å². The Morgan fingerprint density at radius 3 is 2.50 bits per heavy atom. The van der Waals surface area contributed by atoms with E-state index in [4.69, 9.17) is 10.00 Å². The summed E-state index contributed by atoms with van der Waals surface area (Å²) in [6.07, 6.45) is -4.06. The number of hydrogen-bond acceptors (Lipinski definition) is 7. The van der Waals surface area contributed by atoms with Crippen LogP contribution in [0.4, 0.5) is 19.0 Å². The van der Waals surface area contributed by atoms with Gasteiger partial charge < -0.3 is 14.5 Å². The Morgan fingerprint density at radius 2 is 1.94 bits per heavy atom. The van der Waals surface area contributed by atoms with Gasteiger partial charge in [-0.15, -0.1) is 0 Å². The molecule has 3 heterocycles. The fraction of sp³-hybridized carbons (Fsp3) is 0.500. The van der Waals surface area contributed by atoms with E-state index in [0.29, 0.717) is 37.8 Å². The minimum Gasteiger partial charge on any atom is -0.372 e. The number of carbonyl (C=O) groups excluding carboxylic acids is 1. The van der Waals surface area contributed by atoms with Crippen molar-refractivity contribution in [2.75, 3.05) is 37.7 Å². The van der Waals surface area contributed by atoms with Gasteiger partial charge in [0.15, 0.2) is 0 Å². The van der Waals surface area contributed by atoms with Crippen molar-refractivity contribution >= 4 is 11.7 Å². The maximum absolute atomic E-state index is 12.9. The van der Waals surface area contributed by atoms with Crippen LogP contribution in [0.3, 0.4) is 0 Å². The highest BCUT2D eigenvalue weighted by Gasteiger charge is 2.35. The number of alkyl halides is 3. The number of nitrogens with one attached hydrogen (secondary N) is 1. The molecule has 2 aromatic heterocycles. The van der Waals surface area contributed by atoms with E-state index in [1.807, 2.05) is 29.9 Å². The number of aromatic amines is 1. The number of H-pyrrole nitrogens is 1. The van der Waals surface area contributed by atoms with Crippen LogP contribution in [0.15, 0.2) is 29.2 Å². The van der Waals surface area contributed by atoms with Crippen molar-refractivity contribution in [2.24, 2.45) is 0 Å². The fourth-order valence-electron chi connectivity index (χ4n) is 3.23. The van der Waals surface area contributed by atoms with Crippen LogP contribution in [-0.4, -0.2) is 58.8 Å². The number of aromatic nitrogens is 3. The number of rotatable bonds is 6. The summed E-state index contributed by atoms with van der Waals surface area (Å²) < 4.78 is 44.1.